The number of aliphatic hydroxyl groups is 4. The molecule has 1 aliphatic heterocycles. The molecule has 5 atom stereocenters. The van der Waals surface area contributed by atoms with Crippen molar-refractivity contribution in [3.8, 4) is 11.5 Å². The van der Waals surface area contributed by atoms with Crippen LogP contribution in [0.3, 0.4) is 0 Å². The summed E-state index contributed by atoms with van der Waals surface area (Å²) in [6, 6.07) is 4.48. The van der Waals surface area contributed by atoms with Gasteiger partial charge >= 0.3 is 5.97 Å². The normalized spacial score (nSPS) is 29.6. The second-order valence-corrected chi connectivity index (χ2v) is 5.43. The number of aromatic hydroxyl groups is 1. The van der Waals surface area contributed by atoms with Crippen molar-refractivity contribution in [1.29, 1.82) is 0 Å². The number of hydrogen-bond donors (Lipinski definition) is 5. The van der Waals surface area contributed by atoms with Gasteiger partial charge in [0.05, 0.1) is 7.11 Å². The van der Waals surface area contributed by atoms with E-state index in [1.54, 1.807) is 6.07 Å². The van der Waals surface area contributed by atoms with Gasteiger partial charge in [0.1, 0.15) is 31.0 Å². The van der Waals surface area contributed by atoms with Gasteiger partial charge in [-0.05, 0) is 23.8 Å². The van der Waals surface area contributed by atoms with E-state index >= 15 is 0 Å². The largest absolute Gasteiger partial charge is 0.504 e. The minimum absolute atomic E-state index is 0.0371. The van der Waals surface area contributed by atoms with Gasteiger partial charge in [-0.1, -0.05) is 6.07 Å². The van der Waals surface area contributed by atoms with E-state index in [1.807, 2.05) is 0 Å². The predicted octanol–water partition coefficient (Wildman–Crippen LogP) is -1.24. The zero-order valence-electron chi connectivity index (χ0n) is 13.3. The Bertz CT molecular complexity index is 630. The lowest BCUT2D eigenvalue weighted by Crippen LogP contribution is -2.58. The highest BCUT2D eigenvalue weighted by Crippen LogP contribution is 2.26. The predicted molar refractivity (Wildman–Crippen MR) is 83.6 cm³/mol. The van der Waals surface area contributed by atoms with Gasteiger partial charge in [-0.15, -0.1) is 0 Å². The molecule has 5 N–H and O–H groups in total. The summed E-state index contributed by atoms with van der Waals surface area (Å²) in [6.07, 6.45) is -5.12. The number of methoxy groups -OCH3 is 1. The molecule has 1 aromatic carbocycles. The van der Waals surface area contributed by atoms with Crippen LogP contribution < -0.4 is 4.74 Å². The molecule has 2 rings (SSSR count). The minimum Gasteiger partial charge on any atom is -0.504 e. The van der Waals surface area contributed by atoms with Crippen molar-refractivity contribution in [3.63, 3.8) is 0 Å². The first-order valence-corrected chi connectivity index (χ1v) is 7.43. The number of benzene rings is 1. The summed E-state index contributed by atoms with van der Waals surface area (Å²) < 4.78 is 14.7. The van der Waals surface area contributed by atoms with E-state index in [0.29, 0.717) is 5.56 Å². The summed E-state index contributed by atoms with van der Waals surface area (Å²) in [5.41, 5.74) is 0.578. The van der Waals surface area contributed by atoms with E-state index in [2.05, 4.69) is 0 Å². The summed E-state index contributed by atoms with van der Waals surface area (Å²) in [6.45, 7) is -0.427. The van der Waals surface area contributed by atoms with E-state index in [1.165, 1.54) is 25.3 Å². The molecule has 1 aliphatic rings. The Hall–Kier alpha value is -2.17. The number of esters is 1. The molecule has 1 heterocycles. The molecule has 0 saturated carbocycles. The zero-order chi connectivity index (χ0) is 18.6. The van der Waals surface area contributed by atoms with E-state index < -0.39 is 43.3 Å². The van der Waals surface area contributed by atoms with Crippen molar-refractivity contribution in [2.75, 3.05) is 13.7 Å². The van der Waals surface area contributed by atoms with Crippen LogP contribution in [0.25, 0.3) is 6.08 Å². The lowest BCUT2D eigenvalue weighted by Gasteiger charge is -2.37. The Kier molecular flexibility index (Phi) is 6.34. The number of aliphatic hydroxyl groups excluding tert-OH is 4. The van der Waals surface area contributed by atoms with Gasteiger partial charge in [-0.25, -0.2) is 4.79 Å². The quantitative estimate of drug-likeness (QED) is 0.323. The molecule has 0 aliphatic carbocycles. The molecule has 1 fully saturated rings. The Labute approximate surface area is 143 Å². The molecule has 0 radical (unpaired) electrons. The van der Waals surface area contributed by atoms with Gasteiger partial charge in [0.2, 0.25) is 0 Å². The number of carbonyl (C=O) groups is 1. The maximum atomic E-state index is 11.7. The second kappa shape index (κ2) is 8.28. The molecule has 1 saturated heterocycles. The molecule has 0 bridgehead atoms. The third-order valence-corrected chi connectivity index (χ3v) is 3.69. The number of phenols is 1. The average Bonchev–Trinajstić information content (AvgIpc) is 2.61. The standard InChI is InChI=1S/C16H20O9/c1-23-10-6-8(2-4-9(10)17)3-5-12(18)24-7-11-13(19)14(20)15(21)16(22)25-11/h2-6,11,13-17,19-22H,7H2,1H3. The third-order valence-electron chi connectivity index (χ3n) is 3.69. The van der Waals surface area contributed by atoms with Crippen LogP contribution in [0.5, 0.6) is 11.5 Å². The highest BCUT2D eigenvalue weighted by Gasteiger charge is 2.43. The second-order valence-electron chi connectivity index (χ2n) is 5.43. The van der Waals surface area contributed by atoms with Gasteiger partial charge in [0.15, 0.2) is 17.8 Å². The van der Waals surface area contributed by atoms with Crippen LogP contribution in [0.4, 0.5) is 0 Å². The SMILES string of the molecule is COc1cc(C=CC(=O)OCC2OC(O)C(O)C(O)C2O)ccc1O. The van der Waals surface area contributed by atoms with Crippen LogP contribution in [0.2, 0.25) is 0 Å². The highest BCUT2D eigenvalue weighted by atomic mass is 16.6. The topological polar surface area (TPSA) is 146 Å². The van der Waals surface area contributed by atoms with Crippen LogP contribution in [-0.4, -0.2) is 75.9 Å². The molecular formula is C16H20O9. The first-order valence-electron chi connectivity index (χ1n) is 7.43. The summed E-state index contributed by atoms with van der Waals surface area (Å²) in [4.78, 5) is 11.7. The van der Waals surface area contributed by atoms with Gasteiger partial charge < -0.3 is 39.7 Å². The Morgan fingerprint density at radius 2 is 1.92 bits per heavy atom. The number of rotatable bonds is 5. The maximum absolute atomic E-state index is 11.7. The van der Waals surface area contributed by atoms with Crippen molar-refractivity contribution < 1.29 is 44.5 Å². The van der Waals surface area contributed by atoms with Crippen molar-refractivity contribution in [2.24, 2.45) is 0 Å². The summed E-state index contributed by atoms with van der Waals surface area (Å²) in [7, 11) is 1.39. The summed E-state index contributed by atoms with van der Waals surface area (Å²) in [5.74, 6) is -0.543. The summed E-state index contributed by atoms with van der Waals surface area (Å²) >= 11 is 0. The van der Waals surface area contributed by atoms with Gasteiger partial charge in [-0.2, -0.15) is 0 Å². The van der Waals surface area contributed by atoms with Crippen molar-refractivity contribution >= 4 is 12.0 Å². The van der Waals surface area contributed by atoms with Crippen LogP contribution >= 0.6 is 0 Å². The zero-order valence-corrected chi connectivity index (χ0v) is 13.3. The smallest absolute Gasteiger partial charge is 0.330 e. The van der Waals surface area contributed by atoms with Gasteiger partial charge in [0.25, 0.3) is 0 Å². The molecule has 25 heavy (non-hydrogen) atoms. The van der Waals surface area contributed by atoms with Crippen LogP contribution in [0.1, 0.15) is 5.56 Å². The van der Waals surface area contributed by atoms with Crippen molar-refractivity contribution in [1.82, 2.24) is 0 Å². The third kappa shape index (κ3) is 4.68. The Morgan fingerprint density at radius 3 is 2.60 bits per heavy atom. The number of carbonyl (C=O) groups excluding carboxylic acids is 1. The molecule has 1 aromatic rings. The molecular weight excluding hydrogens is 336 g/mol. The highest BCUT2D eigenvalue weighted by molar-refractivity contribution is 5.87. The van der Waals surface area contributed by atoms with Crippen molar-refractivity contribution in [2.45, 2.75) is 30.7 Å². The van der Waals surface area contributed by atoms with E-state index in [4.69, 9.17) is 14.2 Å². The minimum atomic E-state index is -1.69. The lowest BCUT2D eigenvalue weighted by atomic mass is 9.99. The molecule has 9 nitrogen and oxygen atoms in total. The molecule has 0 amide bonds. The average molecular weight is 356 g/mol. The van der Waals surface area contributed by atoms with Crippen LogP contribution in [0.15, 0.2) is 24.3 Å². The molecule has 0 aromatic heterocycles. The Morgan fingerprint density at radius 1 is 1.20 bits per heavy atom. The Balaban J connectivity index is 1.90. The molecule has 138 valence electrons. The fraction of sp³-hybridized carbons (Fsp3) is 0.438. The van der Waals surface area contributed by atoms with E-state index in [9.17, 15) is 30.3 Å². The van der Waals surface area contributed by atoms with Gasteiger partial charge in [0, 0.05) is 6.08 Å². The molecule has 0 spiro atoms. The van der Waals surface area contributed by atoms with E-state index in [0.717, 1.165) is 6.08 Å². The maximum Gasteiger partial charge on any atom is 0.330 e. The lowest BCUT2D eigenvalue weighted by molar-refractivity contribution is -0.287. The number of phenolic OH excluding ortho intramolecular Hbond substituents is 1. The number of hydrogen-bond acceptors (Lipinski definition) is 9. The summed E-state index contributed by atoms with van der Waals surface area (Å²) in [5, 5.41) is 47.5. The van der Waals surface area contributed by atoms with E-state index in [-0.39, 0.29) is 11.5 Å². The number of ether oxygens (including phenoxy) is 3. The molecule has 9 heteroatoms. The monoisotopic (exact) mass is 356 g/mol. The fourth-order valence-electron chi connectivity index (χ4n) is 2.24. The van der Waals surface area contributed by atoms with Crippen molar-refractivity contribution in [3.05, 3.63) is 29.8 Å². The molecule has 5 unspecified atom stereocenters. The first kappa shape index (κ1) is 19.2. The van der Waals surface area contributed by atoms with Crippen LogP contribution in [-0.2, 0) is 14.3 Å². The first-order chi connectivity index (χ1) is 11.8. The van der Waals surface area contributed by atoms with Crippen LogP contribution in [0, 0.1) is 0 Å². The fourth-order valence-corrected chi connectivity index (χ4v) is 2.24. The van der Waals surface area contributed by atoms with Gasteiger partial charge in [-0.3, -0.25) is 0 Å².